The second-order valence-corrected chi connectivity index (χ2v) is 4.20. The van der Waals surface area contributed by atoms with Crippen LogP contribution in [0.5, 0.6) is 0 Å². The molecule has 0 bridgehead atoms. The molecule has 1 amide bonds. The van der Waals surface area contributed by atoms with Gasteiger partial charge in [-0.1, -0.05) is 0 Å². The van der Waals surface area contributed by atoms with Gasteiger partial charge >= 0.3 is 0 Å². The Morgan fingerprint density at radius 3 is 3.00 bits per heavy atom. The minimum Gasteiger partial charge on any atom is -0.347 e. The molecule has 4 nitrogen and oxygen atoms in total. The van der Waals surface area contributed by atoms with Gasteiger partial charge in [-0.15, -0.1) is 0 Å². The Labute approximate surface area is 105 Å². The number of nitrogens with one attached hydrogen (secondary N) is 2. The fourth-order valence-electron chi connectivity index (χ4n) is 1.33. The van der Waals surface area contributed by atoms with Crippen molar-refractivity contribution in [3.63, 3.8) is 0 Å². The number of imidazole rings is 1. The summed E-state index contributed by atoms with van der Waals surface area (Å²) in [6.07, 6.45) is 3.28. The maximum atomic E-state index is 12.8. The van der Waals surface area contributed by atoms with Crippen LogP contribution in [-0.4, -0.2) is 15.9 Å². The fraction of sp³-hybridized carbons (Fsp3) is 0.0909. The monoisotopic (exact) mass is 297 g/mol. The summed E-state index contributed by atoms with van der Waals surface area (Å²) in [4.78, 5) is 18.6. The summed E-state index contributed by atoms with van der Waals surface area (Å²) >= 11 is 3.14. The average molecular weight is 298 g/mol. The zero-order chi connectivity index (χ0) is 12.3. The van der Waals surface area contributed by atoms with Gasteiger partial charge in [0.05, 0.1) is 12.1 Å². The molecule has 2 N–H and O–H groups in total. The van der Waals surface area contributed by atoms with E-state index in [9.17, 15) is 9.18 Å². The lowest BCUT2D eigenvalue weighted by atomic mass is 10.2. The first-order chi connectivity index (χ1) is 8.16. The lowest BCUT2D eigenvalue weighted by Crippen LogP contribution is -2.23. The number of halogens is 2. The molecule has 0 radical (unpaired) electrons. The van der Waals surface area contributed by atoms with Crippen LogP contribution >= 0.6 is 15.9 Å². The average Bonchev–Trinajstić information content (AvgIpc) is 2.78. The highest BCUT2D eigenvalue weighted by Crippen LogP contribution is 2.17. The second kappa shape index (κ2) is 5.09. The van der Waals surface area contributed by atoms with E-state index in [0.717, 1.165) is 0 Å². The van der Waals surface area contributed by atoms with Crippen LogP contribution in [0.1, 0.15) is 16.2 Å². The third-order valence-electron chi connectivity index (χ3n) is 2.15. The summed E-state index contributed by atoms with van der Waals surface area (Å²) in [5.41, 5.74) is 0.387. The van der Waals surface area contributed by atoms with Crippen molar-refractivity contribution >= 4 is 21.8 Å². The van der Waals surface area contributed by atoms with Gasteiger partial charge in [0.2, 0.25) is 0 Å². The van der Waals surface area contributed by atoms with E-state index in [4.69, 9.17) is 0 Å². The molecule has 6 heteroatoms. The van der Waals surface area contributed by atoms with Crippen LogP contribution in [0.4, 0.5) is 4.39 Å². The third-order valence-corrected chi connectivity index (χ3v) is 2.80. The van der Waals surface area contributed by atoms with Crippen molar-refractivity contribution in [2.24, 2.45) is 0 Å². The molecule has 2 aromatic rings. The summed E-state index contributed by atoms with van der Waals surface area (Å²) in [5.74, 6) is -0.00989. The Hall–Kier alpha value is -1.69. The standard InChI is InChI=1S/C11H9BrFN3O/c12-9-5-7(13)1-2-8(9)11(17)16-6-10-14-3-4-15-10/h1-5H,6H2,(H,14,15)(H,16,17). The van der Waals surface area contributed by atoms with Gasteiger partial charge in [0, 0.05) is 16.9 Å². The molecule has 1 aromatic heterocycles. The first-order valence-corrected chi connectivity index (χ1v) is 5.67. The Balaban J connectivity index is 2.04. The van der Waals surface area contributed by atoms with Gasteiger partial charge in [-0.25, -0.2) is 9.37 Å². The van der Waals surface area contributed by atoms with Crippen LogP contribution < -0.4 is 5.32 Å². The molecule has 1 aromatic carbocycles. The summed E-state index contributed by atoms with van der Waals surface area (Å²) in [7, 11) is 0. The number of hydrogen-bond acceptors (Lipinski definition) is 2. The number of aromatic nitrogens is 2. The third kappa shape index (κ3) is 2.91. The number of hydrogen-bond donors (Lipinski definition) is 2. The van der Waals surface area contributed by atoms with Crippen LogP contribution in [0.2, 0.25) is 0 Å². The first-order valence-electron chi connectivity index (χ1n) is 4.88. The molecule has 0 aliphatic rings. The molecule has 17 heavy (non-hydrogen) atoms. The van der Waals surface area contributed by atoms with Crippen molar-refractivity contribution < 1.29 is 9.18 Å². The molecule has 2 rings (SSSR count). The Morgan fingerprint density at radius 2 is 2.35 bits per heavy atom. The zero-order valence-electron chi connectivity index (χ0n) is 8.71. The molecule has 0 fully saturated rings. The predicted octanol–water partition coefficient (Wildman–Crippen LogP) is 2.24. The normalized spacial score (nSPS) is 10.2. The highest BCUT2D eigenvalue weighted by atomic mass is 79.9. The number of carbonyl (C=O) groups excluding carboxylic acids is 1. The number of benzene rings is 1. The van der Waals surface area contributed by atoms with E-state index in [2.05, 4.69) is 31.2 Å². The SMILES string of the molecule is O=C(NCc1ncc[nH]1)c1ccc(F)cc1Br. The second-order valence-electron chi connectivity index (χ2n) is 3.34. The molecular formula is C11H9BrFN3O. The maximum Gasteiger partial charge on any atom is 0.252 e. The first kappa shape index (κ1) is 11.8. The van der Waals surface area contributed by atoms with Crippen LogP contribution in [-0.2, 0) is 6.54 Å². The van der Waals surface area contributed by atoms with Crippen molar-refractivity contribution in [2.75, 3.05) is 0 Å². The Morgan fingerprint density at radius 1 is 1.53 bits per heavy atom. The van der Waals surface area contributed by atoms with Crippen molar-refractivity contribution in [3.8, 4) is 0 Å². The highest BCUT2D eigenvalue weighted by Gasteiger charge is 2.10. The number of rotatable bonds is 3. The minimum absolute atomic E-state index is 0.284. The maximum absolute atomic E-state index is 12.8. The number of nitrogens with zero attached hydrogens (tertiary/aromatic N) is 1. The van der Waals surface area contributed by atoms with E-state index in [1.165, 1.54) is 18.2 Å². The van der Waals surface area contributed by atoms with E-state index < -0.39 is 0 Å². The van der Waals surface area contributed by atoms with Crippen molar-refractivity contribution in [1.29, 1.82) is 0 Å². The summed E-state index contributed by atoms with van der Waals surface area (Å²) in [6, 6.07) is 3.92. The number of carbonyl (C=O) groups is 1. The molecule has 0 aliphatic heterocycles. The van der Waals surface area contributed by atoms with E-state index in [0.29, 0.717) is 22.4 Å². The molecule has 1 heterocycles. The quantitative estimate of drug-likeness (QED) is 0.913. The van der Waals surface area contributed by atoms with Crippen LogP contribution in [0, 0.1) is 5.82 Å². The van der Waals surface area contributed by atoms with Gasteiger partial charge in [-0.05, 0) is 34.1 Å². The van der Waals surface area contributed by atoms with E-state index in [1.54, 1.807) is 12.4 Å². The lowest BCUT2D eigenvalue weighted by Gasteiger charge is -2.05. The predicted molar refractivity (Wildman–Crippen MR) is 63.9 cm³/mol. The van der Waals surface area contributed by atoms with Crippen molar-refractivity contribution in [3.05, 3.63) is 52.3 Å². The molecule has 0 atom stereocenters. The zero-order valence-corrected chi connectivity index (χ0v) is 10.3. The summed E-state index contributed by atoms with van der Waals surface area (Å²) < 4.78 is 13.3. The van der Waals surface area contributed by atoms with Gasteiger partial charge in [0.25, 0.3) is 5.91 Å². The number of amides is 1. The minimum atomic E-state index is -0.389. The van der Waals surface area contributed by atoms with Gasteiger partial charge in [0.15, 0.2) is 0 Å². The van der Waals surface area contributed by atoms with E-state index in [-0.39, 0.29) is 11.7 Å². The molecule has 88 valence electrons. The van der Waals surface area contributed by atoms with E-state index in [1.807, 2.05) is 0 Å². The lowest BCUT2D eigenvalue weighted by molar-refractivity contribution is 0.0949. The Bertz CT molecular complexity index is 528. The van der Waals surface area contributed by atoms with E-state index >= 15 is 0 Å². The van der Waals surface area contributed by atoms with Gasteiger partial charge in [0.1, 0.15) is 11.6 Å². The molecule has 0 spiro atoms. The van der Waals surface area contributed by atoms with Crippen LogP contribution in [0.15, 0.2) is 35.1 Å². The van der Waals surface area contributed by atoms with Crippen molar-refractivity contribution in [1.82, 2.24) is 15.3 Å². The largest absolute Gasteiger partial charge is 0.347 e. The summed E-state index contributed by atoms with van der Waals surface area (Å²) in [5, 5.41) is 2.68. The summed E-state index contributed by atoms with van der Waals surface area (Å²) in [6.45, 7) is 0.301. The number of aromatic amines is 1. The van der Waals surface area contributed by atoms with Crippen molar-refractivity contribution in [2.45, 2.75) is 6.54 Å². The molecule has 0 saturated carbocycles. The van der Waals surface area contributed by atoms with Crippen LogP contribution in [0.25, 0.3) is 0 Å². The smallest absolute Gasteiger partial charge is 0.252 e. The van der Waals surface area contributed by atoms with Gasteiger partial charge in [-0.3, -0.25) is 4.79 Å². The van der Waals surface area contributed by atoms with Crippen LogP contribution in [0.3, 0.4) is 0 Å². The highest BCUT2D eigenvalue weighted by molar-refractivity contribution is 9.10. The fourth-order valence-corrected chi connectivity index (χ4v) is 1.86. The van der Waals surface area contributed by atoms with Gasteiger partial charge in [-0.2, -0.15) is 0 Å². The topological polar surface area (TPSA) is 57.8 Å². The molecule has 0 saturated heterocycles. The number of H-pyrrole nitrogens is 1. The molecule has 0 unspecified atom stereocenters. The van der Waals surface area contributed by atoms with Gasteiger partial charge < -0.3 is 10.3 Å². The Kier molecular flexibility index (Phi) is 3.53. The molecule has 0 aliphatic carbocycles. The molecular weight excluding hydrogens is 289 g/mol.